The number of carbonyl (C=O) groups excluding carboxylic acids is 1. The summed E-state index contributed by atoms with van der Waals surface area (Å²) in [6.45, 7) is 1.42. The van der Waals surface area contributed by atoms with Gasteiger partial charge in [-0.15, -0.1) is 0 Å². The third-order valence-corrected chi connectivity index (χ3v) is 1.36. The second-order valence-corrected chi connectivity index (χ2v) is 2.22. The molecule has 0 unspecified atom stereocenters. The Labute approximate surface area is 53.9 Å². The smallest absolute Gasteiger partial charge is 0.232 e. The minimum absolute atomic E-state index is 0.139. The van der Waals surface area contributed by atoms with Crippen molar-refractivity contribution in [2.45, 2.75) is 25.8 Å². The first-order valence-corrected chi connectivity index (χ1v) is 2.95. The zero-order valence-corrected chi connectivity index (χ0v) is 5.29. The van der Waals surface area contributed by atoms with E-state index >= 15 is 0 Å². The monoisotopic (exact) mass is 124 g/mol. The normalized spacial score (nSPS) is 16.4. The van der Waals surface area contributed by atoms with Crippen LogP contribution in [0.1, 0.15) is 19.8 Å². The van der Waals surface area contributed by atoms with Crippen LogP contribution in [0, 0.1) is 11.5 Å². The summed E-state index contributed by atoms with van der Waals surface area (Å²) in [6, 6.07) is 0.229. The zero-order valence-electron chi connectivity index (χ0n) is 5.29. The summed E-state index contributed by atoms with van der Waals surface area (Å²) < 4.78 is 0. The molecule has 0 aromatic rings. The van der Waals surface area contributed by atoms with Crippen LogP contribution in [-0.2, 0) is 4.79 Å². The predicted octanol–water partition coefficient (Wildman–Crippen LogP) is 0.478. The first-order valence-electron chi connectivity index (χ1n) is 2.95. The van der Waals surface area contributed by atoms with Gasteiger partial charge in [0.15, 0.2) is 6.19 Å². The molecule has 0 aliphatic heterocycles. The largest absolute Gasteiger partial charge is 0.274 e. The maximum absolute atomic E-state index is 10.6. The zero-order chi connectivity index (χ0) is 6.85. The molecule has 1 aliphatic rings. The average Bonchev–Trinajstić information content (AvgIpc) is 2.50. The van der Waals surface area contributed by atoms with Crippen molar-refractivity contribution in [1.82, 2.24) is 4.90 Å². The van der Waals surface area contributed by atoms with Crippen molar-refractivity contribution in [2.24, 2.45) is 0 Å². The summed E-state index contributed by atoms with van der Waals surface area (Å²) >= 11 is 0. The molecule has 0 radical (unpaired) electrons. The second-order valence-electron chi connectivity index (χ2n) is 2.22. The van der Waals surface area contributed by atoms with Gasteiger partial charge in [-0.2, -0.15) is 5.26 Å². The summed E-state index contributed by atoms with van der Waals surface area (Å²) in [6.07, 6.45) is 3.83. The number of amides is 1. The Balaban J connectivity index is 2.50. The maximum atomic E-state index is 10.6. The van der Waals surface area contributed by atoms with Crippen molar-refractivity contribution < 1.29 is 4.79 Å². The quantitative estimate of drug-likeness (QED) is 0.377. The Morgan fingerprint density at radius 1 is 1.78 bits per heavy atom. The molecular weight excluding hydrogens is 116 g/mol. The molecule has 0 atom stereocenters. The fraction of sp³-hybridized carbons (Fsp3) is 0.667. The number of carbonyl (C=O) groups is 1. The van der Waals surface area contributed by atoms with Crippen LogP contribution in [0.3, 0.4) is 0 Å². The van der Waals surface area contributed by atoms with E-state index in [2.05, 4.69) is 0 Å². The van der Waals surface area contributed by atoms with Crippen molar-refractivity contribution in [2.75, 3.05) is 0 Å². The number of nitriles is 1. The minimum atomic E-state index is -0.139. The van der Waals surface area contributed by atoms with Crippen LogP contribution in [0.5, 0.6) is 0 Å². The lowest BCUT2D eigenvalue weighted by molar-refractivity contribution is -0.126. The molecule has 48 valence electrons. The first kappa shape index (κ1) is 6.09. The van der Waals surface area contributed by atoms with Gasteiger partial charge in [-0.1, -0.05) is 0 Å². The van der Waals surface area contributed by atoms with Crippen LogP contribution in [0.2, 0.25) is 0 Å². The standard InChI is InChI=1S/C6H8N2O/c1-5(9)8(4-7)6-2-3-6/h6H,2-3H2,1H3. The number of rotatable bonds is 1. The third-order valence-electron chi connectivity index (χ3n) is 1.36. The van der Waals surface area contributed by atoms with E-state index < -0.39 is 0 Å². The highest BCUT2D eigenvalue weighted by Gasteiger charge is 2.30. The van der Waals surface area contributed by atoms with E-state index in [4.69, 9.17) is 5.26 Å². The molecule has 3 nitrogen and oxygen atoms in total. The van der Waals surface area contributed by atoms with Crippen LogP contribution in [0.4, 0.5) is 0 Å². The van der Waals surface area contributed by atoms with E-state index in [-0.39, 0.29) is 11.9 Å². The van der Waals surface area contributed by atoms with Gasteiger partial charge in [0.1, 0.15) is 0 Å². The highest BCUT2D eigenvalue weighted by atomic mass is 16.2. The van der Waals surface area contributed by atoms with E-state index in [1.807, 2.05) is 6.19 Å². The molecule has 0 aromatic heterocycles. The van der Waals surface area contributed by atoms with Crippen LogP contribution in [0.25, 0.3) is 0 Å². The summed E-state index contributed by atoms with van der Waals surface area (Å²) in [5.74, 6) is -0.139. The van der Waals surface area contributed by atoms with Crippen molar-refractivity contribution >= 4 is 5.91 Å². The van der Waals surface area contributed by atoms with Gasteiger partial charge in [-0.25, -0.2) is 4.90 Å². The lowest BCUT2D eigenvalue weighted by atomic mass is 10.5. The second kappa shape index (κ2) is 2.06. The molecule has 0 aromatic carbocycles. The number of nitrogens with zero attached hydrogens (tertiary/aromatic N) is 2. The Hall–Kier alpha value is -1.04. The molecule has 3 heteroatoms. The molecule has 9 heavy (non-hydrogen) atoms. The first-order chi connectivity index (χ1) is 4.25. The minimum Gasteiger partial charge on any atom is -0.274 e. The van der Waals surface area contributed by atoms with E-state index in [0.29, 0.717) is 0 Å². The Bertz CT molecular complexity index is 166. The molecule has 0 heterocycles. The predicted molar refractivity (Wildman–Crippen MR) is 31.2 cm³/mol. The summed E-state index contributed by atoms with van der Waals surface area (Å²) in [7, 11) is 0. The molecule has 0 bridgehead atoms. The molecule has 1 rings (SSSR count). The molecule has 1 fully saturated rings. The average molecular weight is 124 g/mol. The van der Waals surface area contributed by atoms with Gasteiger partial charge in [0.25, 0.3) is 0 Å². The SMILES string of the molecule is CC(=O)N(C#N)C1CC1. The number of hydrogen-bond acceptors (Lipinski definition) is 2. The van der Waals surface area contributed by atoms with Gasteiger partial charge in [-0.05, 0) is 12.8 Å². The summed E-state index contributed by atoms with van der Waals surface area (Å²) in [4.78, 5) is 11.8. The van der Waals surface area contributed by atoms with Crippen molar-refractivity contribution in [1.29, 1.82) is 5.26 Å². The Morgan fingerprint density at radius 3 is 2.44 bits per heavy atom. The van der Waals surface area contributed by atoms with Crippen LogP contribution in [-0.4, -0.2) is 16.8 Å². The Kier molecular flexibility index (Phi) is 1.39. The van der Waals surface area contributed by atoms with Gasteiger partial charge in [0.05, 0.1) is 0 Å². The lowest BCUT2D eigenvalue weighted by Gasteiger charge is -2.06. The maximum Gasteiger partial charge on any atom is 0.232 e. The molecule has 0 N–H and O–H groups in total. The molecule has 0 spiro atoms. The molecular formula is C6H8N2O. The van der Waals surface area contributed by atoms with Crippen molar-refractivity contribution in [3.05, 3.63) is 0 Å². The van der Waals surface area contributed by atoms with Gasteiger partial charge in [0.2, 0.25) is 5.91 Å². The summed E-state index contributed by atoms with van der Waals surface area (Å²) in [5, 5.41) is 8.36. The van der Waals surface area contributed by atoms with Crippen molar-refractivity contribution in [3.63, 3.8) is 0 Å². The highest BCUT2D eigenvalue weighted by molar-refractivity contribution is 5.75. The highest BCUT2D eigenvalue weighted by Crippen LogP contribution is 2.25. The van der Waals surface area contributed by atoms with Gasteiger partial charge in [-0.3, -0.25) is 4.79 Å². The lowest BCUT2D eigenvalue weighted by Crippen LogP contribution is -2.25. The molecule has 1 amide bonds. The molecule has 1 saturated carbocycles. The third kappa shape index (κ3) is 1.20. The summed E-state index contributed by atoms with van der Waals surface area (Å²) in [5.41, 5.74) is 0. The fourth-order valence-electron chi connectivity index (χ4n) is 0.742. The molecule has 1 aliphatic carbocycles. The van der Waals surface area contributed by atoms with E-state index in [1.54, 1.807) is 0 Å². The Morgan fingerprint density at radius 2 is 2.33 bits per heavy atom. The topological polar surface area (TPSA) is 44.1 Å². The van der Waals surface area contributed by atoms with Crippen LogP contribution in [0.15, 0.2) is 0 Å². The molecule has 0 saturated heterocycles. The number of hydrogen-bond donors (Lipinski definition) is 0. The van der Waals surface area contributed by atoms with E-state index in [9.17, 15) is 4.79 Å². The fourth-order valence-corrected chi connectivity index (χ4v) is 0.742. The van der Waals surface area contributed by atoms with E-state index in [1.165, 1.54) is 11.8 Å². The van der Waals surface area contributed by atoms with Crippen LogP contribution < -0.4 is 0 Å². The van der Waals surface area contributed by atoms with Gasteiger partial charge >= 0.3 is 0 Å². The van der Waals surface area contributed by atoms with Crippen LogP contribution >= 0.6 is 0 Å². The van der Waals surface area contributed by atoms with Gasteiger partial charge in [0, 0.05) is 13.0 Å². The van der Waals surface area contributed by atoms with Gasteiger partial charge < -0.3 is 0 Å². The van der Waals surface area contributed by atoms with E-state index in [0.717, 1.165) is 12.8 Å². The van der Waals surface area contributed by atoms with Crippen molar-refractivity contribution in [3.8, 4) is 6.19 Å².